The molecule has 0 unspecified atom stereocenters. The molecule has 0 radical (unpaired) electrons. The van der Waals surface area contributed by atoms with Crippen molar-refractivity contribution in [3.63, 3.8) is 0 Å². The number of rotatable bonds is 2. The van der Waals surface area contributed by atoms with Crippen LogP contribution < -0.4 is 0 Å². The van der Waals surface area contributed by atoms with Gasteiger partial charge in [0, 0.05) is 27.9 Å². The summed E-state index contributed by atoms with van der Waals surface area (Å²) in [6, 6.07) is 28.4. The maximum atomic E-state index is 5.23. The van der Waals surface area contributed by atoms with E-state index in [1.54, 1.807) is 0 Å². The van der Waals surface area contributed by atoms with Gasteiger partial charge in [-0.05, 0) is 67.1 Å². The van der Waals surface area contributed by atoms with Crippen molar-refractivity contribution in [2.75, 3.05) is 0 Å². The lowest BCUT2D eigenvalue weighted by Gasteiger charge is -2.16. The van der Waals surface area contributed by atoms with E-state index in [0.29, 0.717) is 0 Å². The molecule has 6 aromatic rings. The van der Waals surface area contributed by atoms with Crippen molar-refractivity contribution < 1.29 is 0 Å². The van der Waals surface area contributed by atoms with Crippen molar-refractivity contribution >= 4 is 27.3 Å². The standard InChI is InChI=1S/C31H26N2/c1-19-10-7-11-20(2)28(19)24-15-9-16-25-30(24)23-14-5-6-17-27(23)33-18-26(32-31(25)33)29-21(3)12-8-13-22(29)4/h5-18H,1-4H3. The smallest absolute Gasteiger partial charge is 0.145 e. The van der Waals surface area contributed by atoms with Crippen molar-refractivity contribution in [3.8, 4) is 22.4 Å². The van der Waals surface area contributed by atoms with E-state index in [2.05, 4.69) is 117 Å². The molecule has 0 atom stereocenters. The third-order valence-corrected chi connectivity index (χ3v) is 6.93. The zero-order valence-electron chi connectivity index (χ0n) is 19.5. The fourth-order valence-corrected chi connectivity index (χ4v) is 5.46. The molecule has 0 spiro atoms. The molecule has 33 heavy (non-hydrogen) atoms. The Morgan fingerprint density at radius 3 is 1.85 bits per heavy atom. The van der Waals surface area contributed by atoms with Crippen LogP contribution in [0.3, 0.4) is 0 Å². The van der Waals surface area contributed by atoms with Crippen molar-refractivity contribution in [2.24, 2.45) is 0 Å². The number of nitrogens with zero attached hydrogens (tertiary/aromatic N) is 2. The van der Waals surface area contributed by atoms with Gasteiger partial charge < -0.3 is 0 Å². The second-order valence-corrected chi connectivity index (χ2v) is 9.10. The van der Waals surface area contributed by atoms with Crippen LogP contribution in [0.25, 0.3) is 49.7 Å². The summed E-state index contributed by atoms with van der Waals surface area (Å²) in [4.78, 5) is 5.23. The third kappa shape index (κ3) is 2.91. The van der Waals surface area contributed by atoms with Gasteiger partial charge in [-0.25, -0.2) is 4.98 Å². The Kier molecular flexibility index (Phi) is 4.38. The predicted octanol–water partition coefficient (Wildman–Crippen LogP) is 8.21. The van der Waals surface area contributed by atoms with E-state index >= 15 is 0 Å². The number of hydrogen-bond acceptors (Lipinski definition) is 1. The van der Waals surface area contributed by atoms with E-state index < -0.39 is 0 Å². The maximum Gasteiger partial charge on any atom is 0.145 e. The van der Waals surface area contributed by atoms with E-state index in [0.717, 1.165) is 11.3 Å². The summed E-state index contributed by atoms with van der Waals surface area (Å²) >= 11 is 0. The second-order valence-electron chi connectivity index (χ2n) is 9.10. The minimum absolute atomic E-state index is 1.01. The molecule has 160 valence electrons. The molecule has 2 nitrogen and oxygen atoms in total. The van der Waals surface area contributed by atoms with Crippen LogP contribution in [0, 0.1) is 27.7 Å². The van der Waals surface area contributed by atoms with Gasteiger partial charge in [-0.3, -0.25) is 4.40 Å². The zero-order chi connectivity index (χ0) is 22.7. The van der Waals surface area contributed by atoms with E-state index in [1.807, 2.05) is 0 Å². The first-order valence-electron chi connectivity index (χ1n) is 11.5. The highest BCUT2D eigenvalue weighted by Crippen LogP contribution is 2.40. The number of imidazole rings is 1. The molecule has 4 aromatic carbocycles. The Balaban J connectivity index is 1.80. The molecule has 2 heteroatoms. The van der Waals surface area contributed by atoms with Crippen molar-refractivity contribution in [3.05, 3.63) is 107 Å². The summed E-state index contributed by atoms with van der Waals surface area (Å²) < 4.78 is 2.27. The third-order valence-electron chi connectivity index (χ3n) is 6.93. The minimum Gasteiger partial charge on any atom is -0.298 e. The summed E-state index contributed by atoms with van der Waals surface area (Å²) in [6.07, 6.45) is 2.21. The van der Waals surface area contributed by atoms with Crippen molar-refractivity contribution in [2.45, 2.75) is 27.7 Å². The molecular weight excluding hydrogens is 400 g/mol. The van der Waals surface area contributed by atoms with Crippen LogP contribution in [0.4, 0.5) is 0 Å². The summed E-state index contributed by atoms with van der Waals surface area (Å²) in [6.45, 7) is 8.75. The van der Waals surface area contributed by atoms with E-state index in [1.165, 1.54) is 60.6 Å². The van der Waals surface area contributed by atoms with Gasteiger partial charge in [0.1, 0.15) is 5.65 Å². The molecule has 0 amide bonds. The molecule has 2 heterocycles. The van der Waals surface area contributed by atoms with E-state index in [4.69, 9.17) is 4.98 Å². The molecule has 0 fully saturated rings. The van der Waals surface area contributed by atoms with Gasteiger partial charge in [-0.1, -0.05) is 72.8 Å². The van der Waals surface area contributed by atoms with Crippen LogP contribution in [0.5, 0.6) is 0 Å². The molecular formula is C31H26N2. The summed E-state index contributed by atoms with van der Waals surface area (Å²) in [5.41, 5.74) is 12.1. The fraction of sp³-hybridized carbons (Fsp3) is 0.129. The Morgan fingerprint density at radius 1 is 0.576 bits per heavy atom. The quantitative estimate of drug-likeness (QED) is 0.255. The van der Waals surface area contributed by atoms with Gasteiger partial charge in [0.25, 0.3) is 0 Å². The number of pyridine rings is 1. The number of aromatic nitrogens is 2. The van der Waals surface area contributed by atoms with Crippen LogP contribution >= 0.6 is 0 Å². The Labute approximate surface area is 194 Å². The van der Waals surface area contributed by atoms with Crippen LogP contribution in [0.1, 0.15) is 22.3 Å². The van der Waals surface area contributed by atoms with Crippen LogP contribution in [-0.2, 0) is 0 Å². The minimum atomic E-state index is 1.01. The molecule has 0 aliphatic rings. The van der Waals surface area contributed by atoms with Crippen LogP contribution in [0.15, 0.2) is 85.1 Å². The molecule has 0 aliphatic heterocycles. The predicted molar refractivity (Wildman–Crippen MR) is 140 cm³/mol. The Morgan fingerprint density at radius 2 is 1.15 bits per heavy atom. The van der Waals surface area contributed by atoms with Crippen molar-refractivity contribution in [1.29, 1.82) is 0 Å². The molecule has 0 bridgehead atoms. The van der Waals surface area contributed by atoms with Gasteiger partial charge in [-0.2, -0.15) is 0 Å². The second kappa shape index (κ2) is 7.31. The number of aryl methyl sites for hydroxylation is 4. The average molecular weight is 427 g/mol. The molecule has 0 N–H and O–H groups in total. The van der Waals surface area contributed by atoms with Crippen molar-refractivity contribution in [1.82, 2.24) is 9.38 Å². The van der Waals surface area contributed by atoms with E-state index in [-0.39, 0.29) is 0 Å². The average Bonchev–Trinajstić information content (AvgIpc) is 3.24. The summed E-state index contributed by atoms with van der Waals surface area (Å²) in [7, 11) is 0. The molecule has 0 aliphatic carbocycles. The largest absolute Gasteiger partial charge is 0.298 e. The molecule has 0 saturated heterocycles. The van der Waals surface area contributed by atoms with E-state index in [9.17, 15) is 0 Å². The first kappa shape index (κ1) is 19.8. The SMILES string of the molecule is Cc1cccc(C)c1-c1cn2c3ccccc3c3c(-c4c(C)cccc4C)cccc3c2n1. The van der Waals surface area contributed by atoms with Gasteiger partial charge >= 0.3 is 0 Å². The Bertz CT molecular complexity index is 1660. The van der Waals surface area contributed by atoms with Crippen LogP contribution in [-0.4, -0.2) is 9.38 Å². The number of hydrogen-bond donors (Lipinski definition) is 0. The van der Waals surface area contributed by atoms with Gasteiger partial charge in [0.05, 0.1) is 11.2 Å². The first-order chi connectivity index (χ1) is 16.0. The lowest BCUT2D eigenvalue weighted by Crippen LogP contribution is -1.94. The molecule has 6 rings (SSSR count). The maximum absolute atomic E-state index is 5.23. The zero-order valence-corrected chi connectivity index (χ0v) is 19.5. The molecule has 2 aromatic heterocycles. The van der Waals surface area contributed by atoms with Gasteiger partial charge in [0.2, 0.25) is 0 Å². The highest BCUT2D eigenvalue weighted by molar-refractivity contribution is 6.18. The topological polar surface area (TPSA) is 17.3 Å². The monoisotopic (exact) mass is 426 g/mol. The Hall–Kier alpha value is -3.91. The van der Waals surface area contributed by atoms with Crippen LogP contribution in [0.2, 0.25) is 0 Å². The lowest BCUT2D eigenvalue weighted by atomic mass is 9.90. The normalized spacial score (nSPS) is 11.6. The number of benzene rings is 4. The first-order valence-corrected chi connectivity index (χ1v) is 11.5. The number of fused-ring (bicyclic) bond motifs is 6. The lowest BCUT2D eigenvalue weighted by molar-refractivity contribution is 1.27. The highest BCUT2D eigenvalue weighted by atomic mass is 15.0. The van der Waals surface area contributed by atoms with Gasteiger partial charge in [-0.15, -0.1) is 0 Å². The highest BCUT2D eigenvalue weighted by Gasteiger charge is 2.18. The summed E-state index contributed by atoms with van der Waals surface area (Å²) in [5.74, 6) is 0. The fourth-order valence-electron chi connectivity index (χ4n) is 5.46. The molecule has 0 saturated carbocycles. The summed E-state index contributed by atoms with van der Waals surface area (Å²) in [5, 5.41) is 3.71. The van der Waals surface area contributed by atoms with Gasteiger partial charge in [0.15, 0.2) is 0 Å². The number of para-hydroxylation sites is 1.